The molecule has 1 atom stereocenters. The van der Waals surface area contributed by atoms with Gasteiger partial charge in [-0.3, -0.25) is 4.68 Å². The van der Waals surface area contributed by atoms with Crippen LogP contribution in [0.25, 0.3) is 0 Å². The molecule has 0 bridgehead atoms. The quantitative estimate of drug-likeness (QED) is 0.743. The van der Waals surface area contributed by atoms with Gasteiger partial charge in [0.15, 0.2) is 5.75 Å². The van der Waals surface area contributed by atoms with Gasteiger partial charge in [0.25, 0.3) is 0 Å². The summed E-state index contributed by atoms with van der Waals surface area (Å²) in [5.74, 6) is 0.884. The lowest BCUT2D eigenvalue weighted by Gasteiger charge is -2.20. The van der Waals surface area contributed by atoms with Crippen LogP contribution in [0.5, 0.6) is 5.75 Å². The number of hydrogen-bond donors (Lipinski definition) is 1. The van der Waals surface area contributed by atoms with Gasteiger partial charge in [-0.1, -0.05) is 19.8 Å². The molecule has 110 valence electrons. The van der Waals surface area contributed by atoms with E-state index < -0.39 is 0 Å². The van der Waals surface area contributed by atoms with Crippen LogP contribution in [0.2, 0.25) is 0 Å². The number of ether oxygens (including phenoxy) is 1. The van der Waals surface area contributed by atoms with Gasteiger partial charge in [-0.05, 0) is 27.6 Å². The van der Waals surface area contributed by atoms with Crippen LogP contribution < -0.4 is 10.1 Å². The minimum atomic E-state index is 0.305. The Labute approximate surface area is 116 Å². The van der Waals surface area contributed by atoms with Gasteiger partial charge in [0.1, 0.15) is 0 Å². The second-order valence-corrected chi connectivity index (χ2v) is 5.11. The average Bonchev–Trinajstić information content (AvgIpc) is 2.80. The maximum atomic E-state index is 5.46. The molecule has 1 aromatic rings. The van der Waals surface area contributed by atoms with Crippen molar-refractivity contribution in [1.82, 2.24) is 20.0 Å². The van der Waals surface area contributed by atoms with E-state index in [0.717, 1.165) is 25.3 Å². The predicted molar refractivity (Wildman–Crippen MR) is 78.7 cm³/mol. The summed E-state index contributed by atoms with van der Waals surface area (Å²) in [6.07, 6.45) is 5.33. The molecule has 1 N–H and O–H groups in total. The molecule has 1 rings (SSSR count). The van der Waals surface area contributed by atoms with E-state index in [1.807, 2.05) is 13.2 Å². The number of likely N-dealkylation sites (N-methyl/N-ethyl adjacent to an activating group) is 1. The first kappa shape index (κ1) is 16.0. The Morgan fingerprint density at radius 1 is 1.47 bits per heavy atom. The monoisotopic (exact) mass is 268 g/mol. The molecule has 0 aliphatic heterocycles. The van der Waals surface area contributed by atoms with E-state index in [1.165, 1.54) is 18.5 Å². The van der Waals surface area contributed by atoms with Crippen molar-refractivity contribution < 1.29 is 4.74 Å². The third-order valence-corrected chi connectivity index (χ3v) is 3.35. The van der Waals surface area contributed by atoms with Crippen molar-refractivity contribution in [2.45, 2.75) is 38.8 Å². The Kier molecular flexibility index (Phi) is 6.87. The number of nitrogens with one attached hydrogen (secondary N) is 1. The molecule has 0 aromatic carbocycles. The molecule has 0 radical (unpaired) electrons. The van der Waals surface area contributed by atoms with Crippen molar-refractivity contribution >= 4 is 0 Å². The molecule has 0 fully saturated rings. The van der Waals surface area contributed by atoms with Gasteiger partial charge >= 0.3 is 0 Å². The van der Waals surface area contributed by atoms with Crippen molar-refractivity contribution in [2.24, 2.45) is 0 Å². The zero-order valence-electron chi connectivity index (χ0n) is 12.9. The summed E-state index contributed by atoms with van der Waals surface area (Å²) in [6, 6.07) is 0.305. The third-order valence-electron chi connectivity index (χ3n) is 3.35. The molecule has 1 unspecified atom stereocenters. The lowest BCUT2D eigenvalue weighted by molar-refractivity contribution is 0.352. The van der Waals surface area contributed by atoms with Crippen molar-refractivity contribution in [2.75, 3.05) is 34.8 Å². The smallest absolute Gasteiger partial charge is 0.161 e. The van der Waals surface area contributed by atoms with Crippen LogP contribution in [0.3, 0.4) is 0 Å². The third kappa shape index (κ3) is 4.51. The van der Waals surface area contributed by atoms with Crippen LogP contribution in [-0.4, -0.2) is 49.5 Å². The minimum Gasteiger partial charge on any atom is -0.493 e. The molecule has 5 heteroatoms. The van der Waals surface area contributed by atoms with Gasteiger partial charge in [0.2, 0.25) is 0 Å². The van der Waals surface area contributed by atoms with Crippen LogP contribution in [0.15, 0.2) is 6.20 Å². The normalized spacial score (nSPS) is 12.9. The summed E-state index contributed by atoms with van der Waals surface area (Å²) in [7, 11) is 7.87. The lowest BCUT2D eigenvalue weighted by Crippen LogP contribution is -2.25. The maximum Gasteiger partial charge on any atom is 0.161 e. The topological polar surface area (TPSA) is 42.3 Å². The first-order valence-electron chi connectivity index (χ1n) is 7.05. The van der Waals surface area contributed by atoms with E-state index in [-0.39, 0.29) is 0 Å². The number of nitrogens with zero attached hydrogens (tertiary/aromatic N) is 3. The van der Waals surface area contributed by atoms with E-state index >= 15 is 0 Å². The zero-order valence-corrected chi connectivity index (χ0v) is 12.9. The van der Waals surface area contributed by atoms with Crippen LogP contribution in [0.1, 0.15) is 37.9 Å². The van der Waals surface area contributed by atoms with E-state index in [9.17, 15) is 0 Å². The summed E-state index contributed by atoms with van der Waals surface area (Å²) in [5, 5.41) is 7.85. The summed E-state index contributed by atoms with van der Waals surface area (Å²) in [6.45, 7) is 4.07. The largest absolute Gasteiger partial charge is 0.493 e. The van der Waals surface area contributed by atoms with Crippen molar-refractivity contribution in [1.29, 1.82) is 0 Å². The fraction of sp³-hybridized carbons (Fsp3) is 0.786. The average molecular weight is 268 g/mol. The number of rotatable bonds is 9. The zero-order chi connectivity index (χ0) is 14.3. The Bertz CT molecular complexity index is 362. The van der Waals surface area contributed by atoms with Gasteiger partial charge in [-0.15, -0.1) is 0 Å². The fourth-order valence-corrected chi connectivity index (χ4v) is 2.19. The summed E-state index contributed by atoms with van der Waals surface area (Å²) >= 11 is 0. The lowest BCUT2D eigenvalue weighted by atomic mass is 10.1. The summed E-state index contributed by atoms with van der Waals surface area (Å²) in [4.78, 5) is 2.17. The van der Waals surface area contributed by atoms with E-state index in [4.69, 9.17) is 4.74 Å². The van der Waals surface area contributed by atoms with Gasteiger partial charge < -0.3 is 15.0 Å². The molecule has 0 saturated carbocycles. The molecule has 0 saturated heterocycles. The molecule has 19 heavy (non-hydrogen) atoms. The molecule has 0 aliphatic carbocycles. The first-order valence-corrected chi connectivity index (χ1v) is 7.05. The Morgan fingerprint density at radius 3 is 2.74 bits per heavy atom. The Hall–Kier alpha value is -1.07. The van der Waals surface area contributed by atoms with Crippen molar-refractivity contribution in [3.63, 3.8) is 0 Å². The molecular weight excluding hydrogens is 240 g/mol. The number of methoxy groups -OCH3 is 1. The molecular formula is C14H28N4O. The highest BCUT2D eigenvalue weighted by Crippen LogP contribution is 2.28. The van der Waals surface area contributed by atoms with E-state index in [2.05, 4.69) is 41.0 Å². The van der Waals surface area contributed by atoms with Crippen molar-refractivity contribution in [3.8, 4) is 5.75 Å². The van der Waals surface area contributed by atoms with Crippen LogP contribution in [0, 0.1) is 0 Å². The second-order valence-electron chi connectivity index (χ2n) is 5.11. The molecule has 1 aromatic heterocycles. The van der Waals surface area contributed by atoms with Crippen LogP contribution in [0.4, 0.5) is 0 Å². The molecule has 1 heterocycles. The van der Waals surface area contributed by atoms with Gasteiger partial charge in [0, 0.05) is 6.54 Å². The molecule has 0 aliphatic rings. The number of aromatic nitrogens is 2. The Morgan fingerprint density at radius 2 is 2.21 bits per heavy atom. The van der Waals surface area contributed by atoms with Gasteiger partial charge in [-0.25, -0.2) is 0 Å². The number of hydrogen-bond acceptors (Lipinski definition) is 4. The van der Waals surface area contributed by atoms with Gasteiger partial charge in [-0.2, -0.15) is 5.10 Å². The van der Waals surface area contributed by atoms with Crippen LogP contribution >= 0.6 is 0 Å². The standard InChI is InChI=1S/C14H28N4O/c1-6-7-8-12(15-2)14-13(19-5)11-16-18(14)10-9-17(3)4/h11-12,15H,6-10H2,1-5H3. The fourth-order valence-electron chi connectivity index (χ4n) is 2.19. The summed E-state index contributed by atoms with van der Waals surface area (Å²) < 4.78 is 7.52. The Balaban J connectivity index is 2.89. The minimum absolute atomic E-state index is 0.305. The summed E-state index contributed by atoms with van der Waals surface area (Å²) in [5.41, 5.74) is 1.17. The van der Waals surface area contributed by atoms with E-state index in [1.54, 1.807) is 7.11 Å². The van der Waals surface area contributed by atoms with Crippen LogP contribution in [-0.2, 0) is 6.54 Å². The van der Waals surface area contributed by atoms with E-state index in [0.29, 0.717) is 6.04 Å². The van der Waals surface area contributed by atoms with Crippen molar-refractivity contribution in [3.05, 3.63) is 11.9 Å². The predicted octanol–water partition coefficient (Wildman–Crippen LogP) is 1.90. The molecule has 0 spiro atoms. The van der Waals surface area contributed by atoms with Gasteiger partial charge in [0.05, 0.1) is 31.6 Å². The first-order chi connectivity index (χ1) is 9.13. The highest BCUT2D eigenvalue weighted by atomic mass is 16.5. The highest BCUT2D eigenvalue weighted by Gasteiger charge is 2.20. The molecule has 0 amide bonds. The highest BCUT2D eigenvalue weighted by molar-refractivity contribution is 5.28. The number of unbranched alkanes of at least 4 members (excludes halogenated alkanes) is 1. The second kappa shape index (κ2) is 8.17. The SMILES string of the molecule is CCCCC(NC)c1c(OC)cnn1CCN(C)C. The maximum absolute atomic E-state index is 5.46. The molecule has 5 nitrogen and oxygen atoms in total.